The number of rotatable bonds is 6. The summed E-state index contributed by atoms with van der Waals surface area (Å²) in [7, 11) is 0. The highest BCUT2D eigenvalue weighted by atomic mass is 19.4. The van der Waals surface area contributed by atoms with Gasteiger partial charge in [0.25, 0.3) is 5.91 Å². The highest BCUT2D eigenvalue weighted by molar-refractivity contribution is 5.95. The number of hydrogen-bond acceptors (Lipinski definition) is 4. The van der Waals surface area contributed by atoms with E-state index in [-0.39, 0.29) is 5.56 Å². The molecule has 0 bridgehead atoms. The third-order valence-electron chi connectivity index (χ3n) is 3.88. The molecule has 0 aliphatic heterocycles. The number of esters is 1. The van der Waals surface area contributed by atoms with E-state index < -0.39 is 30.2 Å². The summed E-state index contributed by atoms with van der Waals surface area (Å²) >= 11 is 0. The topological polar surface area (TPSA) is 64.6 Å². The molecule has 0 saturated heterocycles. The van der Waals surface area contributed by atoms with Crippen molar-refractivity contribution in [1.82, 2.24) is 0 Å². The number of amides is 1. The van der Waals surface area contributed by atoms with Gasteiger partial charge in [-0.05, 0) is 48.5 Å². The maximum absolute atomic E-state index is 12.6. The van der Waals surface area contributed by atoms with Crippen molar-refractivity contribution in [2.75, 3.05) is 11.9 Å². The normalized spacial score (nSPS) is 10.9. The molecule has 30 heavy (non-hydrogen) atoms. The molecule has 0 saturated carbocycles. The lowest BCUT2D eigenvalue weighted by molar-refractivity contribution is -0.137. The Morgan fingerprint density at radius 2 is 1.50 bits per heavy atom. The van der Waals surface area contributed by atoms with Crippen LogP contribution < -0.4 is 10.1 Å². The molecule has 1 amide bonds. The molecule has 3 aromatic carbocycles. The van der Waals surface area contributed by atoms with E-state index in [2.05, 4.69) is 5.32 Å². The van der Waals surface area contributed by atoms with Crippen LogP contribution in [0.4, 0.5) is 18.9 Å². The smallest absolute Gasteiger partial charge is 0.416 e. The molecule has 0 heterocycles. The van der Waals surface area contributed by atoms with Gasteiger partial charge in [-0.3, -0.25) is 4.79 Å². The van der Waals surface area contributed by atoms with Crippen LogP contribution in [0.1, 0.15) is 15.9 Å². The Labute approximate surface area is 170 Å². The fraction of sp³-hybridized carbons (Fsp3) is 0.0909. The van der Waals surface area contributed by atoms with Gasteiger partial charge in [0.2, 0.25) is 0 Å². The van der Waals surface area contributed by atoms with Gasteiger partial charge in [-0.1, -0.05) is 24.3 Å². The molecule has 154 valence electrons. The molecule has 0 aliphatic rings. The summed E-state index contributed by atoms with van der Waals surface area (Å²) in [6.07, 6.45) is -4.50. The summed E-state index contributed by atoms with van der Waals surface area (Å²) in [5.41, 5.74) is -0.539. The monoisotopic (exact) mass is 415 g/mol. The van der Waals surface area contributed by atoms with Crippen molar-refractivity contribution in [2.45, 2.75) is 6.18 Å². The van der Waals surface area contributed by atoms with E-state index >= 15 is 0 Å². The molecule has 0 radical (unpaired) electrons. The van der Waals surface area contributed by atoms with E-state index in [0.29, 0.717) is 17.2 Å². The first-order valence-electron chi connectivity index (χ1n) is 8.78. The first-order valence-corrected chi connectivity index (χ1v) is 8.78. The highest BCUT2D eigenvalue weighted by Crippen LogP contribution is 2.29. The summed E-state index contributed by atoms with van der Waals surface area (Å²) in [4.78, 5) is 23.9. The lowest BCUT2D eigenvalue weighted by Gasteiger charge is -2.10. The van der Waals surface area contributed by atoms with Crippen molar-refractivity contribution in [3.63, 3.8) is 0 Å². The molecule has 0 fully saturated rings. The lowest BCUT2D eigenvalue weighted by atomic mass is 10.1. The van der Waals surface area contributed by atoms with Gasteiger partial charge in [0.05, 0.1) is 11.1 Å². The predicted octanol–water partition coefficient (Wildman–Crippen LogP) is 5.29. The van der Waals surface area contributed by atoms with Gasteiger partial charge in [-0.2, -0.15) is 13.2 Å². The summed E-state index contributed by atoms with van der Waals surface area (Å²) in [6, 6.07) is 19.2. The Morgan fingerprint density at radius 1 is 0.833 bits per heavy atom. The van der Waals surface area contributed by atoms with Gasteiger partial charge in [-0.15, -0.1) is 0 Å². The van der Waals surface area contributed by atoms with Crippen molar-refractivity contribution in [2.24, 2.45) is 0 Å². The largest absolute Gasteiger partial charge is 0.457 e. The summed E-state index contributed by atoms with van der Waals surface area (Å²) in [5.74, 6) is -0.376. The van der Waals surface area contributed by atoms with E-state index in [4.69, 9.17) is 9.47 Å². The van der Waals surface area contributed by atoms with E-state index in [1.807, 2.05) is 18.2 Å². The highest BCUT2D eigenvalue weighted by Gasteiger charge is 2.30. The Balaban J connectivity index is 1.53. The molecule has 0 unspecified atom stereocenters. The maximum atomic E-state index is 12.6. The van der Waals surface area contributed by atoms with Gasteiger partial charge in [0, 0.05) is 11.8 Å². The molecule has 1 N–H and O–H groups in total. The van der Waals surface area contributed by atoms with Crippen molar-refractivity contribution in [3.8, 4) is 11.5 Å². The van der Waals surface area contributed by atoms with E-state index in [1.165, 1.54) is 0 Å². The number of halogens is 3. The second-order valence-corrected chi connectivity index (χ2v) is 6.14. The van der Waals surface area contributed by atoms with Crippen LogP contribution in [0.25, 0.3) is 0 Å². The minimum Gasteiger partial charge on any atom is -0.457 e. The second kappa shape index (κ2) is 9.13. The maximum Gasteiger partial charge on any atom is 0.416 e. The van der Waals surface area contributed by atoms with Crippen molar-refractivity contribution < 1.29 is 32.2 Å². The molecular weight excluding hydrogens is 399 g/mol. The van der Waals surface area contributed by atoms with E-state index in [1.54, 1.807) is 36.4 Å². The second-order valence-electron chi connectivity index (χ2n) is 6.14. The predicted molar refractivity (Wildman–Crippen MR) is 103 cm³/mol. The van der Waals surface area contributed by atoms with Crippen LogP contribution in [-0.4, -0.2) is 18.5 Å². The summed E-state index contributed by atoms with van der Waals surface area (Å²) in [6.45, 7) is -0.594. The molecular formula is C22H16F3NO4. The molecule has 3 rings (SSSR count). The number of para-hydroxylation sites is 1. The minimum atomic E-state index is -4.50. The number of carbonyl (C=O) groups is 2. The fourth-order valence-electron chi connectivity index (χ4n) is 2.47. The molecule has 3 aromatic rings. The standard InChI is InChI=1S/C22H16F3NO4/c23-22(24,25)16-11-9-15(10-12-16)21(28)29-14-20(27)26-17-5-4-8-19(13-17)30-18-6-2-1-3-7-18/h1-13H,14H2,(H,26,27). The zero-order valence-electron chi connectivity index (χ0n) is 15.5. The first kappa shape index (κ1) is 20.9. The summed E-state index contributed by atoms with van der Waals surface area (Å²) < 4.78 is 48.2. The Hall–Kier alpha value is -3.81. The van der Waals surface area contributed by atoms with Crippen LogP contribution in [0.3, 0.4) is 0 Å². The van der Waals surface area contributed by atoms with Crippen LogP contribution in [0.5, 0.6) is 11.5 Å². The zero-order chi connectivity index (χ0) is 21.6. The number of alkyl halides is 3. The van der Waals surface area contributed by atoms with Crippen LogP contribution in [0.15, 0.2) is 78.9 Å². The number of hydrogen-bond donors (Lipinski definition) is 1. The van der Waals surface area contributed by atoms with Gasteiger partial charge >= 0.3 is 12.1 Å². The van der Waals surface area contributed by atoms with Crippen LogP contribution >= 0.6 is 0 Å². The molecule has 0 atom stereocenters. The number of nitrogens with one attached hydrogen (secondary N) is 1. The van der Waals surface area contributed by atoms with Crippen molar-refractivity contribution in [3.05, 3.63) is 90.0 Å². The number of carbonyl (C=O) groups excluding carboxylic acids is 2. The van der Waals surface area contributed by atoms with Crippen LogP contribution in [0, 0.1) is 0 Å². The van der Waals surface area contributed by atoms with Gasteiger partial charge in [-0.25, -0.2) is 4.79 Å². The SMILES string of the molecule is O=C(COC(=O)c1ccc(C(F)(F)F)cc1)Nc1cccc(Oc2ccccc2)c1. The lowest BCUT2D eigenvalue weighted by Crippen LogP contribution is -2.21. The Kier molecular flexibility index (Phi) is 6.36. The van der Waals surface area contributed by atoms with Gasteiger partial charge in [0.1, 0.15) is 11.5 Å². The molecule has 0 aromatic heterocycles. The molecule has 0 spiro atoms. The zero-order valence-corrected chi connectivity index (χ0v) is 15.5. The Bertz CT molecular complexity index is 1020. The average molecular weight is 415 g/mol. The van der Waals surface area contributed by atoms with Gasteiger partial charge in [0.15, 0.2) is 6.61 Å². The van der Waals surface area contributed by atoms with E-state index in [0.717, 1.165) is 24.3 Å². The van der Waals surface area contributed by atoms with E-state index in [9.17, 15) is 22.8 Å². The van der Waals surface area contributed by atoms with Gasteiger partial charge < -0.3 is 14.8 Å². The minimum absolute atomic E-state index is 0.0888. The average Bonchev–Trinajstić information content (AvgIpc) is 2.72. The third kappa shape index (κ3) is 5.84. The third-order valence-corrected chi connectivity index (χ3v) is 3.88. The number of anilines is 1. The number of benzene rings is 3. The van der Waals surface area contributed by atoms with Crippen molar-refractivity contribution in [1.29, 1.82) is 0 Å². The van der Waals surface area contributed by atoms with Crippen LogP contribution in [-0.2, 0) is 15.7 Å². The molecule has 0 aliphatic carbocycles. The Morgan fingerprint density at radius 3 is 2.17 bits per heavy atom. The summed E-state index contributed by atoms with van der Waals surface area (Å²) in [5, 5.41) is 2.56. The number of ether oxygens (including phenoxy) is 2. The molecule has 8 heteroatoms. The fourth-order valence-corrected chi connectivity index (χ4v) is 2.47. The molecule has 5 nitrogen and oxygen atoms in total. The first-order chi connectivity index (χ1) is 14.3. The van der Waals surface area contributed by atoms with Crippen molar-refractivity contribution >= 4 is 17.6 Å². The quantitative estimate of drug-likeness (QED) is 0.556. The van der Waals surface area contributed by atoms with Crippen LogP contribution in [0.2, 0.25) is 0 Å².